The van der Waals surface area contributed by atoms with Gasteiger partial charge in [-0.05, 0) is 30.3 Å². The maximum atomic E-state index is 12.4. The highest BCUT2D eigenvalue weighted by molar-refractivity contribution is 6.33. The average molecular weight is 291 g/mol. The monoisotopic (exact) mass is 290 g/mol. The van der Waals surface area contributed by atoms with Crippen LogP contribution in [0.2, 0.25) is 5.02 Å². The Kier molecular flexibility index (Phi) is 4.15. The van der Waals surface area contributed by atoms with Gasteiger partial charge in [-0.25, -0.2) is 0 Å². The van der Waals surface area contributed by atoms with E-state index in [1.165, 1.54) is 4.90 Å². The Balaban J connectivity index is 2.34. The summed E-state index contributed by atoms with van der Waals surface area (Å²) in [5.74, 6) is 0.446. The van der Waals surface area contributed by atoms with Crippen LogP contribution < -0.4 is 15.4 Å². The first-order chi connectivity index (χ1) is 9.54. The zero-order chi connectivity index (χ0) is 14.7. The van der Waals surface area contributed by atoms with Gasteiger partial charge >= 0.3 is 0 Å². The second-order valence-electron chi connectivity index (χ2n) is 4.27. The van der Waals surface area contributed by atoms with Gasteiger partial charge in [-0.1, -0.05) is 23.7 Å². The van der Waals surface area contributed by atoms with Crippen molar-refractivity contribution in [3.8, 4) is 5.75 Å². The Hall–Kier alpha value is -2.20. The topological polar surface area (TPSA) is 55.6 Å². The number of carbonyl (C=O) groups is 1. The fraction of sp³-hybridized carbons (Fsp3) is 0.133. The molecule has 0 aliphatic heterocycles. The molecular weight excluding hydrogens is 276 g/mol. The van der Waals surface area contributed by atoms with Gasteiger partial charge < -0.3 is 15.4 Å². The molecule has 2 rings (SSSR count). The number of nitrogen functional groups attached to an aromatic ring is 1. The number of methoxy groups -OCH3 is 1. The van der Waals surface area contributed by atoms with Gasteiger partial charge in [0.1, 0.15) is 5.75 Å². The van der Waals surface area contributed by atoms with Gasteiger partial charge in [0.15, 0.2) is 0 Å². The van der Waals surface area contributed by atoms with Crippen molar-refractivity contribution in [1.29, 1.82) is 0 Å². The van der Waals surface area contributed by atoms with Crippen LogP contribution in [0, 0.1) is 0 Å². The van der Waals surface area contributed by atoms with Crippen molar-refractivity contribution in [1.82, 2.24) is 0 Å². The lowest BCUT2D eigenvalue weighted by atomic mass is 10.1. The van der Waals surface area contributed by atoms with Gasteiger partial charge in [0, 0.05) is 12.6 Å². The third kappa shape index (κ3) is 2.70. The van der Waals surface area contributed by atoms with Crippen molar-refractivity contribution in [3.05, 3.63) is 53.1 Å². The number of amides is 1. The third-order valence-electron chi connectivity index (χ3n) is 3.00. The fourth-order valence-corrected chi connectivity index (χ4v) is 2.05. The van der Waals surface area contributed by atoms with Crippen LogP contribution in [0.4, 0.5) is 11.4 Å². The van der Waals surface area contributed by atoms with Crippen LogP contribution in [0.1, 0.15) is 10.4 Å². The minimum atomic E-state index is -0.184. The van der Waals surface area contributed by atoms with Crippen molar-refractivity contribution in [3.63, 3.8) is 0 Å². The Morgan fingerprint density at radius 1 is 1.25 bits per heavy atom. The Labute approximate surface area is 122 Å². The molecule has 2 aromatic rings. The van der Waals surface area contributed by atoms with Gasteiger partial charge in [0.05, 0.1) is 23.5 Å². The molecule has 2 aromatic carbocycles. The van der Waals surface area contributed by atoms with Gasteiger partial charge in [-0.15, -0.1) is 0 Å². The number of nitrogens with two attached hydrogens (primary N) is 1. The number of anilines is 2. The number of rotatable bonds is 3. The first kappa shape index (κ1) is 14.2. The van der Waals surface area contributed by atoms with E-state index < -0.39 is 0 Å². The number of benzene rings is 2. The summed E-state index contributed by atoms with van der Waals surface area (Å²) in [6, 6.07) is 12.1. The summed E-state index contributed by atoms with van der Waals surface area (Å²) in [5, 5.41) is 0.365. The second-order valence-corrected chi connectivity index (χ2v) is 4.68. The molecule has 0 spiro atoms. The number of hydrogen-bond acceptors (Lipinski definition) is 3. The van der Waals surface area contributed by atoms with Crippen molar-refractivity contribution < 1.29 is 9.53 Å². The maximum Gasteiger partial charge on any atom is 0.258 e. The highest BCUT2D eigenvalue weighted by Gasteiger charge is 2.17. The van der Waals surface area contributed by atoms with E-state index in [9.17, 15) is 4.79 Å². The van der Waals surface area contributed by atoms with E-state index in [-0.39, 0.29) is 5.91 Å². The van der Waals surface area contributed by atoms with Crippen molar-refractivity contribution in [2.75, 3.05) is 24.8 Å². The first-order valence-corrected chi connectivity index (χ1v) is 6.38. The molecule has 0 aliphatic rings. The molecule has 104 valence electrons. The molecule has 0 saturated carbocycles. The van der Waals surface area contributed by atoms with E-state index in [1.807, 2.05) is 18.2 Å². The Morgan fingerprint density at radius 2 is 1.95 bits per heavy atom. The fourth-order valence-electron chi connectivity index (χ4n) is 1.87. The SMILES string of the molecule is COc1ccccc1N(C)C(=O)c1ccc(N)c(Cl)c1. The lowest BCUT2D eigenvalue weighted by molar-refractivity contribution is 0.0992. The predicted octanol–water partition coefficient (Wildman–Crippen LogP) is 3.21. The summed E-state index contributed by atoms with van der Waals surface area (Å²) in [6.07, 6.45) is 0. The number of hydrogen-bond donors (Lipinski definition) is 1. The molecule has 0 atom stereocenters. The quantitative estimate of drug-likeness (QED) is 0.883. The third-order valence-corrected chi connectivity index (χ3v) is 3.33. The van der Waals surface area contributed by atoms with Crippen LogP contribution in [0.15, 0.2) is 42.5 Å². The van der Waals surface area contributed by atoms with Gasteiger partial charge in [-0.2, -0.15) is 0 Å². The minimum Gasteiger partial charge on any atom is -0.495 e. The highest BCUT2D eigenvalue weighted by atomic mass is 35.5. The number of halogens is 1. The molecule has 0 saturated heterocycles. The first-order valence-electron chi connectivity index (χ1n) is 6.00. The molecule has 0 fully saturated rings. The molecule has 0 bridgehead atoms. The van der Waals surface area contributed by atoms with Gasteiger partial charge in [-0.3, -0.25) is 4.79 Å². The number of nitrogens with zero attached hydrogens (tertiary/aromatic N) is 1. The summed E-state index contributed by atoms with van der Waals surface area (Å²) < 4.78 is 5.26. The molecule has 5 heteroatoms. The number of carbonyl (C=O) groups excluding carboxylic acids is 1. The lowest BCUT2D eigenvalue weighted by Gasteiger charge is -2.20. The van der Waals surface area contributed by atoms with Crippen LogP contribution >= 0.6 is 11.6 Å². The second kappa shape index (κ2) is 5.84. The number of para-hydroxylation sites is 2. The van der Waals surface area contributed by atoms with E-state index in [1.54, 1.807) is 38.4 Å². The molecule has 20 heavy (non-hydrogen) atoms. The van der Waals surface area contributed by atoms with Crippen molar-refractivity contribution >= 4 is 28.9 Å². The molecular formula is C15H15ClN2O2. The minimum absolute atomic E-state index is 0.184. The van der Waals surface area contributed by atoms with E-state index in [2.05, 4.69) is 0 Å². The Bertz CT molecular complexity index is 644. The van der Waals surface area contributed by atoms with Gasteiger partial charge in [0.2, 0.25) is 0 Å². The Morgan fingerprint density at radius 3 is 2.60 bits per heavy atom. The van der Waals surface area contributed by atoms with E-state index in [0.717, 1.165) is 0 Å². The largest absolute Gasteiger partial charge is 0.495 e. The van der Waals surface area contributed by atoms with E-state index >= 15 is 0 Å². The standard InChI is InChI=1S/C15H15ClN2O2/c1-18(13-5-3-4-6-14(13)20-2)15(19)10-7-8-12(17)11(16)9-10/h3-9H,17H2,1-2H3. The lowest BCUT2D eigenvalue weighted by Crippen LogP contribution is -2.26. The normalized spacial score (nSPS) is 10.2. The summed E-state index contributed by atoms with van der Waals surface area (Å²) in [6.45, 7) is 0. The van der Waals surface area contributed by atoms with E-state index in [0.29, 0.717) is 27.7 Å². The summed E-state index contributed by atoms with van der Waals surface area (Å²) in [7, 11) is 3.25. The van der Waals surface area contributed by atoms with Crippen LogP contribution in [-0.2, 0) is 0 Å². The van der Waals surface area contributed by atoms with Crippen LogP contribution in [0.5, 0.6) is 5.75 Å². The average Bonchev–Trinajstić information content (AvgIpc) is 2.48. The molecule has 0 unspecified atom stereocenters. The highest BCUT2D eigenvalue weighted by Crippen LogP contribution is 2.28. The van der Waals surface area contributed by atoms with Crippen molar-refractivity contribution in [2.24, 2.45) is 0 Å². The number of ether oxygens (including phenoxy) is 1. The summed E-state index contributed by atoms with van der Waals surface area (Å²) in [5.41, 5.74) is 7.25. The van der Waals surface area contributed by atoms with E-state index in [4.69, 9.17) is 22.1 Å². The van der Waals surface area contributed by atoms with Crippen LogP contribution in [-0.4, -0.2) is 20.1 Å². The molecule has 0 aliphatic carbocycles. The molecule has 0 heterocycles. The summed E-state index contributed by atoms with van der Waals surface area (Å²) >= 11 is 5.95. The summed E-state index contributed by atoms with van der Waals surface area (Å²) in [4.78, 5) is 14.0. The zero-order valence-electron chi connectivity index (χ0n) is 11.3. The van der Waals surface area contributed by atoms with Gasteiger partial charge in [0.25, 0.3) is 5.91 Å². The molecule has 4 nitrogen and oxygen atoms in total. The zero-order valence-corrected chi connectivity index (χ0v) is 12.0. The molecule has 0 aromatic heterocycles. The van der Waals surface area contributed by atoms with Crippen LogP contribution in [0.25, 0.3) is 0 Å². The maximum absolute atomic E-state index is 12.4. The van der Waals surface area contributed by atoms with Crippen LogP contribution in [0.3, 0.4) is 0 Å². The molecule has 1 amide bonds. The smallest absolute Gasteiger partial charge is 0.258 e. The predicted molar refractivity (Wildman–Crippen MR) is 81.6 cm³/mol. The molecule has 2 N–H and O–H groups in total. The van der Waals surface area contributed by atoms with Crippen molar-refractivity contribution in [2.45, 2.75) is 0 Å². The molecule has 0 radical (unpaired) electrons.